The van der Waals surface area contributed by atoms with Crippen molar-refractivity contribution in [1.29, 1.82) is 0 Å². The van der Waals surface area contributed by atoms with Crippen LogP contribution in [0.4, 0.5) is 34.1 Å². The third-order valence-electron chi connectivity index (χ3n) is 10.7. The molecule has 0 saturated heterocycles. The Labute approximate surface area is 308 Å². The van der Waals surface area contributed by atoms with E-state index in [2.05, 4.69) is 209 Å². The molecule has 0 N–H and O–H groups in total. The second-order valence-electron chi connectivity index (χ2n) is 16.3. The van der Waals surface area contributed by atoms with Crippen LogP contribution < -0.4 is 9.80 Å². The van der Waals surface area contributed by atoms with Gasteiger partial charge in [0.1, 0.15) is 0 Å². The molecule has 0 aromatic heterocycles. The largest absolute Gasteiger partial charge is 0.309 e. The fourth-order valence-electron chi connectivity index (χ4n) is 8.60. The minimum Gasteiger partial charge on any atom is -0.309 e. The van der Waals surface area contributed by atoms with Crippen molar-refractivity contribution in [3.05, 3.63) is 167 Å². The molecular formula is C50H44N2. The van der Waals surface area contributed by atoms with Crippen molar-refractivity contribution >= 4 is 80.0 Å². The molecule has 52 heavy (non-hydrogen) atoms. The Morgan fingerprint density at radius 3 is 0.904 bits per heavy atom. The molecule has 2 heteroatoms. The molecule has 2 nitrogen and oxygen atoms in total. The molecule has 0 atom stereocenters. The lowest BCUT2D eigenvalue weighted by Crippen LogP contribution is -2.19. The highest BCUT2D eigenvalue weighted by Crippen LogP contribution is 2.50. The first-order valence-corrected chi connectivity index (χ1v) is 18.4. The second kappa shape index (κ2) is 11.9. The smallest absolute Gasteiger partial charge is 0.0534 e. The molecule has 0 fully saturated rings. The first kappa shape index (κ1) is 32.1. The maximum Gasteiger partial charge on any atom is 0.0534 e. The van der Waals surface area contributed by atoms with Gasteiger partial charge in [0.25, 0.3) is 0 Å². The van der Waals surface area contributed by atoms with E-state index in [1.54, 1.807) is 0 Å². The first-order chi connectivity index (χ1) is 25.1. The predicted molar refractivity (Wildman–Crippen MR) is 226 cm³/mol. The van der Waals surface area contributed by atoms with E-state index in [0.29, 0.717) is 0 Å². The Bertz CT molecular complexity index is 2320. The summed E-state index contributed by atoms with van der Waals surface area (Å²) < 4.78 is 0. The maximum atomic E-state index is 2.46. The highest BCUT2D eigenvalue weighted by molar-refractivity contribution is 6.10. The molecule has 7 aromatic carbocycles. The van der Waals surface area contributed by atoms with Crippen LogP contribution in [0.2, 0.25) is 0 Å². The first-order valence-electron chi connectivity index (χ1n) is 18.4. The molecule has 0 aliphatic carbocycles. The number of hydrogen-bond acceptors (Lipinski definition) is 2. The lowest BCUT2D eigenvalue weighted by atomic mass is 9.74. The molecule has 0 amide bonds. The van der Waals surface area contributed by atoms with Crippen LogP contribution >= 0.6 is 0 Å². The molecule has 0 spiro atoms. The number of para-hydroxylation sites is 4. The Hall–Kier alpha value is -5.86. The topological polar surface area (TPSA) is 6.48 Å². The van der Waals surface area contributed by atoms with Crippen LogP contribution in [0.1, 0.15) is 74.9 Å². The molecule has 9 rings (SSSR count). The predicted octanol–water partition coefficient (Wildman–Crippen LogP) is 14.5. The van der Waals surface area contributed by atoms with Crippen molar-refractivity contribution < 1.29 is 0 Å². The van der Waals surface area contributed by atoms with Gasteiger partial charge in [-0.25, -0.2) is 0 Å². The van der Waals surface area contributed by atoms with Crippen molar-refractivity contribution in [1.82, 2.24) is 0 Å². The van der Waals surface area contributed by atoms with E-state index >= 15 is 0 Å². The summed E-state index contributed by atoms with van der Waals surface area (Å²) in [5, 5.41) is 5.27. The number of rotatable bonds is 2. The molecule has 7 aromatic rings. The van der Waals surface area contributed by atoms with Crippen molar-refractivity contribution in [2.24, 2.45) is 0 Å². The van der Waals surface area contributed by atoms with Crippen molar-refractivity contribution in [2.45, 2.75) is 52.4 Å². The van der Waals surface area contributed by atoms with Crippen LogP contribution in [0.15, 0.2) is 133 Å². The van der Waals surface area contributed by atoms with Crippen LogP contribution in [-0.4, -0.2) is 0 Å². The van der Waals surface area contributed by atoms with E-state index in [1.807, 2.05) is 0 Å². The zero-order valence-corrected chi connectivity index (χ0v) is 30.9. The molecule has 2 aliphatic heterocycles. The fraction of sp³-hybridized carbons (Fsp3) is 0.160. The molecule has 2 aliphatic rings. The summed E-state index contributed by atoms with van der Waals surface area (Å²) in [6.45, 7) is 14.2. The van der Waals surface area contributed by atoms with E-state index in [-0.39, 0.29) is 10.8 Å². The van der Waals surface area contributed by atoms with E-state index in [4.69, 9.17) is 0 Å². The molecular weight excluding hydrogens is 629 g/mol. The summed E-state index contributed by atoms with van der Waals surface area (Å²) in [5.74, 6) is 0. The number of benzene rings is 7. The Morgan fingerprint density at radius 1 is 0.327 bits per heavy atom. The summed E-state index contributed by atoms with van der Waals surface area (Å²) in [4.78, 5) is 4.89. The van der Waals surface area contributed by atoms with Gasteiger partial charge in [-0.15, -0.1) is 0 Å². The summed E-state index contributed by atoms with van der Waals surface area (Å²) in [7, 11) is 0. The fourth-order valence-corrected chi connectivity index (χ4v) is 8.60. The summed E-state index contributed by atoms with van der Waals surface area (Å²) >= 11 is 0. The normalized spacial score (nSPS) is 13.7. The van der Waals surface area contributed by atoms with Crippen LogP contribution in [-0.2, 0) is 10.8 Å². The summed E-state index contributed by atoms with van der Waals surface area (Å²) in [6.07, 6.45) is 8.98. The molecule has 0 saturated carbocycles. The number of anilines is 6. The number of fused-ring (bicyclic) bond motifs is 6. The van der Waals surface area contributed by atoms with Crippen LogP contribution in [0, 0.1) is 0 Å². The van der Waals surface area contributed by atoms with Gasteiger partial charge in [-0.2, -0.15) is 0 Å². The zero-order chi connectivity index (χ0) is 35.8. The van der Waals surface area contributed by atoms with Crippen LogP contribution in [0.25, 0.3) is 45.8 Å². The average molecular weight is 673 g/mol. The second-order valence-corrected chi connectivity index (χ2v) is 16.3. The minimum atomic E-state index is -0.116. The highest BCUT2D eigenvalue weighted by Gasteiger charge is 2.30. The zero-order valence-electron chi connectivity index (χ0n) is 30.9. The molecule has 0 unspecified atom stereocenters. The summed E-state index contributed by atoms with van der Waals surface area (Å²) in [6, 6.07) is 49.3. The maximum absolute atomic E-state index is 2.46. The third kappa shape index (κ3) is 5.16. The molecule has 2 heterocycles. The van der Waals surface area contributed by atoms with Gasteiger partial charge in [-0.1, -0.05) is 151 Å². The molecule has 254 valence electrons. The van der Waals surface area contributed by atoms with Gasteiger partial charge in [0.05, 0.1) is 22.7 Å². The molecule has 0 radical (unpaired) electrons. The summed E-state index contributed by atoms with van der Waals surface area (Å²) in [5.41, 5.74) is 14.5. The van der Waals surface area contributed by atoms with Crippen molar-refractivity contribution in [2.75, 3.05) is 9.80 Å². The van der Waals surface area contributed by atoms with E-state index < -0.39 is 0 Å². The quantitative estimate of drug-likeness (QED) is 0.169. The van der Waals surface area contributed by atoms with Gasteiger partial charge in [0, 0.05) is 11.4 Å². The standard InChI is InChI=1S/C50H44N2/c1-49(2,3)47-39-29-27-38(52-45-21-13-9-17-35(45)25-26-36-18-10-14-22-46(36)52)32-42(39)48(50(4,5)6)40-30-28-37(31-41(40)47)51-43-19-11-7-15-33(43)23-24-34-16-8-12-20-44(34)51/h7-32H,1-6H3. The number of nitrogens with zero attached hydrogens (tertiary/aromatic N) is 2. The Balaban J connectivity index is 1.34. The SMILES string of the molecule is CC(C)(C)c1c2ccc(N3c4ccccc4C=Cc4ccccc43)cc2c(C(C)(C)C)c2ccc(N3c4ccccc4C=Cc4ccccc43)cc12. The van der Waals surface area contributed by atoms with Crippen molar-refractivity contribution in [3.63, 3.8) is 0 Å². The lowest BCUT2D eigenvalue weighted by molar-refractivity contribution is 0.593. The van der Waals surface area contributed by atoms with E-state index in [1.165, 1.54) is 89.0 Å². The lowest BCUT2D eigenvalue weighted by Gasteiger charge is -2.33. The van der Waals surface area contributed by atoms with Gasteiger partial charge < -0.3 is 9.80 Å². The molecule has 0 bridgehead atoms. The van der Waals surface area contributed by atoms with Gasteiger partial charge in [0.15, 0.2) is 0 Å². The number of hydrogen-bond donors (Lipinski definition) is 0. The average Bonchev–Trinajstić information content (AvgIpc) is 3.40. The Kier molecular flexibility index (Phi) is 7.31. The Morgan fingerprint density at radius 2 is 0.615 bits per heavy atom. The highest BCUT2D eigenvalue weighted by atomic mass is 15.2. The monoisotopic (exact) mass is 672 g/mol. The van der Waals surface area contributed by atoms with Gasteiger partial charge in [-0.05, 0) is 114 Å². The van der Waals surface area contributed by atoms with Crippen LogP contribution in [0.5, 0.6) is 0 Å². The van der Waals surface area contributed by atoms with Gasteiger partial charge >= 0.3 is 0 Å². The van der Waals surface area contributed by atoms with Crippen molar-refractivity contribution in [3.8, 4) is 0 Å². The van der Waals surface area contributed by atoms with E-state index in [9.17, 15) is 0 Å². The third-order valence-corrected chi connectivity index (χ3v) is 10.7. The minimum absolute atomic E-state index is 0.116. The van der Waals surface area contributed by atoms with Crippen LogP contribution in [0.3, 0.4) is 0 Å². The van der Waals surface area contributed by atoms with Gasteiger partial charge in [-0.3, -0.25) is 0 Å². The van der Waals surface area contributed by atoms with E-state index in [0.717, 1.165) is 0 Å². The van der Waals surface area contributed by atoms with Gasteiger partial charge in [0.2, 0.25) is 0 Å².